The molecule has 2 aromatic heterocycles. The Morgan fingerprint density at radius 2 is 1.78 bits per heavy atom. The van der Waals surface area contributed by atoms with E-state index in [0.717, 1.165) is 60.3 Å². The summed E-state index contributed by atoms with van der Waals surface area (Å²) in [5, 5.41) is 2.67. The monoisotopic (exact) mass is 558 g/mol. The maximum absolute atomic E-state index is 13.7. The van der Waals surface area contributed by atoms with Crippen molar-refractivity contribution in [3.8, 4) is 22.4 Å². The van der Waals surface area contributed by atoms with Crippen LogP contribution >= 0.6 is 0 Å². The third-order valence-corrected chi connectivity index (χ3v) is 8.46. The predicted molar refractivity (Wildman–Crippen MR) is 150 cm³/mol. The second-order valence-electron chi connectivity index (χ2n) is 10.9. The Hall–Kier alpha value is -4.40. The van der Waals surface area contributed by atoms with E-state index < -0.39 is 30.5 Å². The van der Waals surface area contributed by atoms with Gasteiger partial charge in [-0.3, -0.25) is 9.59 Å². The Kier molecular flexibility index (Phi) is 6.89. The van der Waals surface area contributed by atoms with E-state index in [1.165, 1.54) is 18.3 Å². The van der Waals surface area contributed by atoms with Gasteiger partial charge in [-0.25, -0.2) is 18.2 Å². The summed E-state index contributed by atoms with van der Waals surface area (Å²) in [5.41, 5.74) is 4.71. The molecule has 1 aliphatic carbocycles. The van der Waals surface area contributed by atoms with Gasteiger partial charge in [0.15, 0.2) is 0 Å². The highest BCUT2D eigenvalue weighted by Crippen LogP contribution is 2.48. The van der Waals surface area contributed by atoms with Gasteiger partial charge in [-0.05, 0) is 54.7 Å². The van der Waals surface area contributed by atoms with Crippen molar-refractivity contribution >= 4 is 17.6 Å². The van der Waals surface area contributed by atoms with Crippen LogP contribution in [0.3, 0.4) is 0 Å². The van der Waals surface area contributed by atoms with Gasteiger partial charge in [-0.2, -0.15) is 0 Å². The molecular weight excluding hydrogens is 529 g/mol. The van der Waals surface area contributed by atoms with Gasteiger partial charge in [-0.1, -0.05) is 42.5 Å². The lowest BCUT2D eigenvalue weighted by molar-refractivity contribution is -0.118. The number of H-pyrrole nitrogens is 1. The number of aromatic nitrogens is 2. The number of nitrogens with zero attached hydrogens (tertiary/aromatic N) is 2. The molecule has 2 N–H and O–H groups in total. The molecule has 1 saturated carbocycles. The average Bonchev–Trinajstić information content (AvgIpc) is 3.33. The molecule has 0 saturated heterocycles. The number of hydrogen-bond acceptors (Lipinski definition) is 3. The molecule has 1 aliphatic heterocycles. The summed E-state index contributed by atoms with van der Waals surface area (Å²) in [5.74, 6) is -2.22. The molecule has 0 unspecified atom stereocenters. The van der Waals surface area contributed by atoms with Gasteiger partial charge in [0, 0.05) is 48.4 Å². The number of hydrogen-bond donors (Lipinski definition) is 2. The molecule has 2 aliphatic rings. The quantitative estimate of drug-likeness (QED) is 0.262. The molecule has 2 amide bonds. The third-order valence-electron chi connectivity index (χ3n) is 8.46. The third kappa shape index (κ3) is 4.90. The number of aromatic amines is 1. The number of halogens is 3. The van der Waals surface area contributed by atoms with Crippen molar-refractivity contribution in [2.45, 2.75) is 50.0 Å². The summed E-state index contributed by atoms with van der Waals surface area (Å²) < 4.78 is 40.2. The summed E-state index contributed by atoms with van der Waals surface area (Å²) >= 11 is 0. The first-order chi connectivity index (χ1) is 19.8. The van der Waals surface area contributed by atoms with Crippen LogP contribution in [0.4, 0.5) is 19.0 Å². The minimum Gasteiger partial charge on any atom is -0.357 e. The van der Waals surface area contributed by atoms with Crippen molar-refractivity contribution in [2.24, 2.45) is 0 Å². The second-order valence-corrected chi connectivity index (χ2v) is 10.9. The van der Waals surface area contributed by atoms with Crippen molar-refractivity contribution in [2.75, 3.05) is 12.4 Å². The van der Waals surface area contributed by atoms with E-state index in [-0.39, 0.29) is 22.8 Å². The molecule has 41 heavy (non-hydrogen) atoms. The maximum atomic E-state index is 13.7. The zero-order valence-electron chi connectivity index (χ0n) is 22.5. The number of fused-ring (bicyclic) bond motifs is 1. The molecule has 6 nitrogen and oxygen atoms in total. The first-order valence-electron chi connectivity index (χ1n) is 13.6. The van der Waals surface area contributed by atoms with Gasteiger partial charge in [0.25, 0.3) is 5.91 Å². The zero-order valence-corrected chi connectivity index (χ0v) is 22.5. The molecule has 6 rings (SSSR count). The van der Waals surface area contributed by atoms with E-state index in [9.17, 15) is 22.8 Å². The standard InChI is InChI=1S/C32H29F3N4O2/c1-39-31(41)28-24(18-32(39)13-5-14-32)37-29(27(28)20-6-3-2-4-7-20)21-12-15-36-26(16-21)38-30(40)23(17-25(34)35)19-8-10-22(33)11-9-19/h2-4,6-12,15-16,23,25,37H,5,13-14,17-18H2,1H3,(H,36,38,40)/t23-/m0/s1. The van der Waals surface area contributed by atoms with Crippen molar-refractivity contribution < 1.29 is 22.8 Å². The van der Waals surface area contributed by atoms with E-state index in [4.69, 9.17) is 0 Å². The highest BCUT2D eigenvalue weighted by Gasteiger charge is 2.49. The van der Waals surface area contributed by atoms with Gasteiger partial charge >= 0.3 is 0 Å². The maximum Gasteiger partial charge on any atom is 0.256 e. The lowest BCUT2D eigenvalue weighted by Crippen LogP contribution is -2.58. The van der Waals surface area contributed by atoms with Gasteiger partial charge in [0.2, 0.25) is 12.3 Å². The van der Waals surface area contributed by atoms with Crippen LogP contribution in [0.25, 0.3) is 22.4 Å². The van der Waals surface area contributed by atoms with Crippen LogP contribution < -0.4 is 5.32 Å². The second kappa shape index (κ2) is 10.5. The molecule has 2 aromatic carbocycles. The minimum atomic E-state index is -2.73. The molecule has 1 atom stereocenters. The van der Waals surface area contributed by atoms with Crippen LogP contribution in [0.5, 0.6) is 0 Å². The van der Waals surface area contributed by atoms with E-state index in [0.29, 0.717) is 11.1 Å². The van der Waals surface area contributed by atoms with Gasteiger partial charge < -0.3 is 15.2 Å². The van der Waals surface area contributed by atoms with Crippen molar-refractivity contribution in [3.05, 3.63) is 95.6 Å². The van der Waals surface area contributed by atoms with Crippen LogP contribution in [0.2, 0.25) is 0 Å². The Balaban J connectivity index is 1.38. The summed E-state index contributed by atoms with van der Waals surface area (Å²) in [7, 11) is 1.88. The molecule has 210 valence electrons. The summed E-state index contributed by atoms with van der Waals surface area (Å²) in [6.07, 6.45) is 1.82. The fourth-order valence-corrected chi connectivity index (χ4v) is 6.09. The van der Waals surface area contributed by atoms with Crippen molar-refractivity contribution in [3.63, 3.8) is 0 Å². The normalized spacial score (nSPS) is 16.4. The van der Waals surface area contributed by atoms with Crippen LogP contribution in [0.15, 0.2) is 72.9 Å². The number of alkyl halides is 2. The van der Waals surface area contributed by atoms with E-state index in [1.807, 2.05) is 42.3 Å². The highest BCUT2D eigenvalue weighted by atomic mass is 19.3. The Bertz CT molecular complexity index is 1600. The highest BCUT2D eigenvalue weighted by molar-refractivity contribution is 6.07. The number of amides is 2. The number of rotatable bonds is 7. The molecule has 0 bridgehead atoms. The Labute approximate surface area is 235 Å². The number of likely N-dealkylation sites (N-methyl/N-ethyl adjacent to an activating group) is 1. The molecule has 1 fully saturated rings. The fraction of sp³-hybridized carbons (Fsp3) is 0.281. The lowest BCUT2D eigenvalue weighted by atomic mass is 9.70. The topological polar surface area (TPSA) is 78.1 Å². The van der Waals surface area contributed by atoms with E-state index in [1.54, 1.807) is 12.1 Å². The molecular formula is C32H29F3N4O2. The lowest BCUT2D eigenvalue weighted by Gasteiger charge is -2.51. The molecule has 9 heteroatoms. The molecule has 3 heterocycles. The number of benzene rings is 2. The van der Waals surface area contributed by atoms with E-state index in [2.05, 4.69) is 15.3 Å². The first-order valence-corrected chi connectivity index (χ1v) is 13.6. The fourth-order valence-electron chi connectivity index (χ4n) is 6.09. The van der Waals surface area contributed by atoms with Crippen LogP contribution in [-0.4, -0.2) is 45.7 Å². The smallest absolute Gasteiger partial charge is 0.256 e. The van der Waals surface area contributed by atoms with Crippen LogP contribution in [0, 0.1) is 5.82 Å². The zero-order chi connectivity index (χ0) is 28.7. The number of anilines is 1. The van der Waals surface area contributed by atoms with Crippen LogP contribution in [-0.2, 0) is 11.2 Å². The summed E-state index contributed by atoms with van der Waals surface area (Å²) in [4.78, 5) is 36.6. The largest absolute Gasteiger partial charge is 0.357 e. The van der Waals surface area contributed by atoms with E-state index >= 15 is 0 Å². The van der Waals surface area contributed by atoms with Gasteiger partial charge in [0.1, 0.15) is 11.6 Å². The predicted octanol–water partition coefficient (Wildman–Crippen LogP) is 6.81. The Morgan fingerprint density at radius 1 is 1.05 bits per heavy atom. The number of nitrogens with one attached hydrogen (secondary N) is 2. The van der Waals surface area contributed by atoms with Gasteiger partial charge in [0.05, 0.1) is 17.2 Å². The number of carbonyl (C=O) groups excluding carboxylic acids is 2. The molecule has 1 spiro atoms. The summed E-state index contributed by atoms with van der Waals surface area (Å²) in [6, 6.07) is 18.1. The van der Waals surface area contributed by atoms with Crippen molar-refractivity contribution in [1.82, 2.24) is 14.9 Å². The minimum absolute atomic E-state index is 0.0241. The SMILES string of the molecule is CN1C(=O)c2c([nH]c(-c3ccnc(NC(=O)[C@@H](CC(F)F)c4ccc(F)cc4)c3)c2-c2ccccc2)CC12CCC2. The first kappa shape index (κ1) is 26.8. The van der Waals surface area contributed by atoms with Crippen LogP contribution in [0.1, 0.15) is 53.2 Å². The number of carbonyl (C=O) groups is 2. The summed E-state index contributed by atoms with van der Waals surface area (Å²) in [6.45, 7) is 0. The Morgan fingerprint density at radius 3 is 2.44 bits per heavy atom. The molecule has 0 radical (unpaired) electrons. The average molecular weight is 559 g/mol. The van der Waals surface area contributed by atoms with Gasteiger partial charge in [-0.15, -0.1) is 0 Å². The number of pyridine rings is 1. The van der Waals surface area contributed by atoms with Crippen molar-refractivity contribution in [1.29, 1.82) is 0 Å². The molecule has 4 aromatic rings.